The van der Waals surface area contributed by atoms with Crippen LogP contribution in [0.25, 0.3) is 0 Å². The maximum atomic E-state index is 13.4. The van der Waals surface area contributed by atoms with Crippen LogP contribution in [0.3, 0.4) is 0 Å². The summed E-state index contributed by atoms with van der Waals surface area (Å²) in [5, 5.41) is 0. The fourth-order valence-electron chi connectivity index (χ4n) is 6.65. The summed E-state index contributed by atoms with van der Waals surface area (Å²) in [6.07, 6.45) is 3.47. The molecule has 0 aromatic heterocycles. The Morgan fingerprint density at radius 1 is 1.00 bits per heavy atom. The van der Waals surface area contributed by atoms with Gasteiger partial charge < -0.3 is 9.47 Å². The smallest absolute Gasteiger partial charge is 0.344 e. The number of nitrogens with one attached hydrogen (secondary N) is 1. The molecule has 4 saturated carbocycles. The van der Waals surface area contributed by atoms with Gasteiger partial charge >= 0.3 is 5.97 Å². The van der Waals surface area contributed by atoms with Gasteiger partial charge in [-0.25, -0.2) is 17.9 Å². The summed E-state index contributed by atoms with van der Waals surface area (Å²) < 4.78 is 71.6. The van der Waals surface area contributed by atoms with E-state index in [9.17, 15) is 31.0 Å². The van der Waals surface area contributed by atoms with Gasteiger partial charge in [-0.2, -0.15) is 8.42 Å². The van der Waals surface area contributed by atoms with Crippen LogP contribution in [0.1, 0.15) is 38.5 Å². The van der Waals surface area contributed by atoms with Crippen LogP contribution in [-0.2, 0) is 34.5 Å². The van der Waals surface area contributed by atoms with Crippen molar-refractivity contribution in [1.82, 2.24) is 4.72 Å². The highest BCUT2D eigenvalue weighted by Crippen LogP contribution is 2.63. The highest BCUT2D eigenvalue weighted by Gasteiger charge is 2.62. The molecule has 2 aromatic carbocycles. The molecular weight excluding hydrogens is 649 g/mol. The summed E-state index contributed by atoms with van der Waals surface area (Å²) in [4.78, 5) is 26.0. The van der Waals surface area contributed by atoms with Crippen LogP contribution < -0.4 is 9.46 Å². The van der Waals surface area contributed by atoms with Gasteiger partial charge in [0.15, 0.2) is 6.61 Å². The predicted molar refractivity (Wildman–Crippen MR) is 142 cm³/mol. The largest absolute Gasteiger partial charge is 0.482 e. The third-order valence-corrected chi connectivity index (χ3v) is 11.2. The Labute approximate surface area is 234 Å². The molecule has 10 nitrogen and oxygen atoms in total. The van der Waals surface area contributed by atoms with Gasteiger partial charge in [-0.1, -0.05) is 18.2 Å². The summed E-state index contributed by atoms with van der Waals surface area (Å²) in [7, 11) is -8.41. The molecule has 13 heteroatoms. The summed E-state index contributed by atoms with van der Waals surface area (Å²) >= 11 is 1.74. The molecular formula is C25H26INO9S2. The van der Waals surface area contributed by atoms with Gasteiger partial charge in [-0.3, -0.25) is 9.35 Å². The average molecular weight is 676 g/mol. The van der Waals surface area contributed by atoms with E-state index in [1.165, 1.54) is 30.3 Å². The van der Waals surface area contributed by atoms with Gasteiger partial charge in [0.05, 0.1) is 10.3 Å². The van der Waals surface area contributed by atoms with E-state index in [0.717, 1.165) is 6.42 Å². The Morgan fingerprint density at radius 2 is 1.66 bits per heavy atom. The Hall–Kier alpha value is -2.23. The van der Waals surface area contributed by atoms with E-state index >= 15 is 0 Å². The topological polar surface area (TPSA) is 153 Å². The first kappa shape index (κ1) is 27.3. The third-order valence-electron chi connectivity index (χ3n) is 7.64. The SMILES string of the molecule is O=C(COc1ccc(S(=O)(=O)O)c(I)c1)OC12CC3CC(C1)CC(C(=O)NS(=O)(=O)c1ccccc1)(C3)C2. The fraction of sp³-hybridized carbons (Fsp3) is 0.440. The van der Waals surface area contributed by atoms with Crippen LogP contribution in [0.5, 0.6) is 5.75 Å². The molecule has 1 amide bonds. The summed E-state index contributed by atoms with van der Waals surface area (Å²) in [5.74, 6) is -0.672. The van der Waals surface area contributed by atoms with Crippen molar-refractivity contribution in [3.8, 4) is 5.75 Å². The second-order valence-electron chi connectivity index (χ2n) is 10.5. The lowest BCUT2D eigenvalue weighted by Crippen LogP contribution is -2.62. The molecule has 0 radical (unpaired) electrons. The van der Waals surface area contributed by atoms with Gasteiger partial charge in [0.25, 0.3) is 20.1 Å². The van der Waals surface area contributed by atoms with Crippen molar-refractivity contribution in [2.75, 3.05) is 6.61 Å². The van der Waals surface area contributed by atoms with Crippen LogP contribution in [0.15, 0.2) is 58.3 Å². The molecule has 6 rings (SSSR count). The Bertz CT molecular complexity index is 1480. The summed E-state index contributed by atoms with van der Waals surface area (Å²) in [5.41, 5.74) is -1.81. The first-order valence-electron chi connectivity index (χ1n) is 12.0. The van der Waals surface area contributed by atoms with Gasteiger partial charge in [0.2, 0.25) is 5.91 Å². The zero-order chi connectivity index (χ0) is 27.3. The molecule has 2 unspecified atom stereocenters. The van der Waals surface area contributed by atoms with E-state index in [4.69, 9.17) is 9.47 Å². The van der Waals surface area contributed by atoms with E-state index in [2.05, 4.69) is 4.72 Å². The van der Waals surface area contributed by atoms with Gasteiger partial charge in [0, 0.05) is 9.99 Å². The maximum absolute atomic E-state index is 13.4. The molecule has 4 bridgehead atoms. The molecule has 2 N–H and O–H groups in total. The standard InChI is InChI=1S/C25H26INO9S2/c26-20-9-18(6-7-21(20)38(32,33)34)35-14-22(28)36-25-12-16-8-17(13-25)11-24(10-16,15-25)23(29)27-37(30,31)19-4-2-1-3-5-19/h1-7,9,16-17H,8,10-15H2,(H,27,29)(H,32,33,34). The van der Waals surface area contributed by atoms with Crippen LogP contribution in [0.2, 0.25) is 0 Å². The molecule has 2 aromatic rings. The number of halogens is 1. The lowest BCUT2D eigenvalue weighted by atomic mass is 9.47. The number of sulfonamides is 1. The van der Waals surface area contributed by atoms with Crippen molar-refractivity contribution in [2.24, 2.45) is 17.3 Å². The number of amides is 1. The van der Waals surface area contributed by atoms with Gasteiger partial charge in [-0.05, 0) is 96.9 Å². The minimum absolute atomic E-state index is 0.00986. The van der Waals surface area contributed by atoms with Crippen molar-refractivity contribution in [2.45, 2.75) is 53.9 Å². The normalized spacial score (nSPS) is 28.1. The first-order chi connectivity index (χ1) is 17.8. The average Bonchev–Trinajstić information content (AvgIpc) is 2.81. The molecule has 0 spiro atoms. The van der Waals surface area contributed by atoms with Crippen molar-refractivity contribution >= 4 is 54.6 Å². The Kier molecular flexibility index (Phi) is 7.02. The molecule has 0 heterocycles. The van der Waals surface area contributed by atoms with Crippen molar-refractivity contribution in [3.63, 3.8) is 0 Å². The number of carbonyl (C=O) groups is 2. The second-order valence-corrected chi connectivity index (χ2v) is 14.7. The van der Waals surface area contributed by atoms with Crippen molar-refractivity contribution < 1.29 is 40.5 Å². The number of rotatable bonds is 8. The second kappa shape index (κ2) is 9.75. The summed E-state index contributed by atoms with van der Waals surface area (Å²) in [6.45, 7) is -0.431. The van der Waals surface area contributed by atoms with Crippen molar-refractivity contribution in [3.05, 3.63) is 52.1 Å². The number of benzene rings is 2. The van der Waals surface area contributed by atoms with E-state index in [1.54, 1.807) is 40.8 Å². The van der Waals surface area contributed by atoms with E-state index < -0.39 is 49.6 Å². The number of carbonyl (C=O) groups excluding carboxylic acids is 2. The van der Waals surface area contributed by atoms with Crippen molar-refractivity contribution in [1.29, 1.82) is 0 Å². The number of ether oxygens (including phenoxy) is 2. The lowest BCUT2D eigenvalue weighted by molar-refractivity contribution is -0.204. The molecule has 2 atom stereocenters. The van der Waals surface area contributed by atoms with E-state index in [1.807, 2.05) is 0 Å². The zero-order valence-corrected chi connectivity index (χ0v) is 23.9. The fourth-order valence-corrected chi connectivity index (χ4v) is 9.61. The van der Waals surface area contributed by atoms with Crippen LogP contribution in [0.4, 0.5) is 0 Å². The van der Waals surface area contributed by atoms with Crippen LogP contribution in [-0.4, -0.2) is 45.5 Å². The molecule has 4 fully saturated rings. The summed E-state index contributed by atoms with van der Waals surface area (Å²) in [6, 6.07) is 11.6. The van der Waals surface area contributed by atoms with E-state index in [-0.39, 0.29) is 37.4 Å². The molecule has 4 aliphatic rings. The molecule has 0 aliphatic heterocycles. The van der Waals surface area contributed by atoms with Crippen LogP contribution in [0, 0.1) is 20.8 Å². The maximum Gasteiger partial charge on any atom is 0.344 e. The predicted octanol–water partition coefficient (Wildman–Crippen LogP) is 3.30. The number of hydrogen-bond acceptors (Lipinski definition) is 8. The Balaban J connectivity index is 1.27. The zero-order valence-electron chi connectivity index (χ0n) is 20.1. The minimum atomic E-state index is -4.38. The van der Waals surface area contributed by atoms with Gasteiger partial charge in [0.1, 0.15) is 16.2 Å². The molecule has 38 heavy (non-hydrogen) atoms. The highest BCUT2D eigenvalue weighted by molar-refractivity contribution is 14.1. The minimum Gasteiger partial charge on any atom is -0.482 e. The van der Waals surface area contributed by atoms with Crippen LogP contribution >= 0.6 is 22.6 Å². The quantitative estimate of drug-likeness (QED) is 0.244. The van der Waals surface area contributed by atoms with Gasteiger partial charge in [-0.15, -0.1) is 0 Å². The molecule has 0 saturated heterocycles. The third kappa shape index (κ3) is 5.42. The Morgan fingerprint density at radius 3 is 2.26 bits per heavy atom. The monoisotopic (exact) mass is 675 g/mol. The van der Waals surface area contributed by atoms with E-state index in [0.29, 0.717) is 25.7 Å². The number of hydrogen-bond donors (Lipinski definition) is 2. The molecule has 204 valence electrons. The lowest BCUT2D eigenvalue weighted by Gasteiger charge is -2.60. The highest BCUT2D eigenvalue weighted by atomic mass is 127. The molecule has 4 aliphatic carbocycles. The number of esters is 1. The first-order valence-corrected chi connectivity index (χ1v) is 16.0.